The number of aromatic nitrogens is 2. The number of aromatic carboxylic acids is 1. The van der Waals surface area contributed by atoms with Crippen LogP contribution in [0.2, 0.25) is 0 Å². The molecule has 0 saturated carbocycles. The highest BCUT2D eigenvalue weighted by Crippen LogP contribution is 2.37. The van der Waals surface area contributed by atoms with Gasteiger partial charge in [-0.25, -0.2) is 14.8 Å². The van der Waals surface area contributed by atoms with Crippen molar-refractivity contribution in [1.82, 2.24) is 15.3 Å². The first-order valence-corrected chi connectivity index (χ1v) is 15.7. The van der Waals surface area contributed by atoms with Gasteiger partial charge in [0, 0.05) is 25.8 Å². The third kappa shape index (κ3) is 8.47. The molecule has 1 aliphatic heterocycles. The van der Waals surface area contributed by atoms with Crippen molar-refractivity contribution < 1.29 is 19.4 Å². The zero-order valence-electron chi connectivity index (χ0n) is 26.1. The lowest BCUT2D eigenvalue weighted by molar-refractivity contribution is -0.132. The first kappa shape index (κ1) is 31.7. The molecular formula is C37H42N4O4. The molecule has 0 unspecified atom stereocenters. The maximum Gasteiger partial charge on any atom is 0.339 e. The fourth-order valence-electron chi connectivity index (χ4n) is 5.78. The number of carboxylic acids is 1. The van der Waals surface area contributed by atoms with Crippen LogP contribution >= 0.6 is 0 Å². The maximum absolute atomic E-state index is 13.8. The standard InChI is InChI=1S/C37H42N4O4/c1-27(2)26-45-31-16-13-28(14-17-31)15-18-33-32(34(42)43)25-39-36(40-33)41-21-19-37(20-22-41,23-29-9-5-3-6-10-29)35(44)38-24-30-11-7-4-8-12-30/h3-14,16-17,25,27H,15,18-24,26H2,1-2H3,(H,38,44)(H,42,43). The van der Waals surface area contributed by atoms with Gasteiger partial charge in [0.25, 0.3) is 0 Å². The van der Waals surface area contributed by atoms with Crippen LogP contribution in [0.15, 0.2) is 91.1 Å². The minimum Gasteiger partial charge on any atom is -0.493 e. The monoisotopic (exact) mass is 606 g/mol. The van der Waals surface area contributed by atoms with Crippen molar-refractivity contribution in [2.45, 2.75) is 52.5 Å². The van der Waals surface area contributed by atoms with E-state index in [9.17, 15) is 14.7 Å². The molecular weight excluding hydrogens is 564 g/mol. The number of hydrogen-bond acceptors (Lipinski definition) is 6. The van der Waals surface area contributed by atoms with Gasteiger partial charge in [-0.3, -0.25) is 4.79 Å². The number of ether oxygens (including phenoxy) is 1. The van der Waals surface area contributed by atoms with E-state index in [2.05, 4.69) is 41.2 Å². The number of hydrogen-bond donors (Lipinski definition) is 2. The van der Waals surface area contributed by atoms with Gasteiger partial charge < -0.3 is 20.1 Å². The first-order chi connectivity index (χ1) is 21.8. The maximum atomic E-state index is 13.8. The molecule has 1 saturated heterocycles. The molecule has 0 atom stereocenters. The zero-order valence-corrected chi connectivity index (χ0v) is 26.1. The highest BCUT2D eigenvalue weighted by Gasteiger charge is 2.42. The van der Waals surface area contributed by atoms with Gasteiger partial charge in [0.2, 0.25) is 11.9 Å². The van der Waals surface area contributed by atoms with Crippen molar-refractivity contribution in [3.8, 4) is 5.75 Å². The number of nitrogens with zero attached hydrogens (tertiary/aromatic N) is 3. The van der Waals surface area contributed by atoms with Crippen molar-refractivity contribution in [3.05, 3.63) is 119 Å². The van der Waals surface area contributed by atoms with Gasteiger partial charge >= 0.3 is 5.97 Å². The molecule has 0 spiro atoms. The molecule has 234 valence electrons. The van der Waals surface area contributed by atoms with E-state index in [1.807, 2.05) is 72.8 Å². The fourth-order valence-corrected chi connectivity index (χ4v) is 5.78. The Morgan fingerprint density at radius 3 is 2.16 bits per heavy atom. The molecule has 4 aromatic rings. The Bertz CT molecular complexity index is 1550. The van der Waals surface area contributed by atoms with Gasteiger partial charge in [-0.1, -0.05) is 86.6 Å². The largest absolute Gasteiger partial charge is 0.493 e. The number of nitrogens with one attached hydrogen (secondary N) is 1. The summed E-state index contributed by atoms with van der Waals surface area (Å²) in [6, 6.07) is 28.0. The first-order valence-electron chi connectivity index (χ1n) is 15.7. The summed E-state index contributed by atoms with van der Waals surface area (Å²) in [4.78, 5) is 37.1. The molecule has 1 aromatic heterocycles. The van der Waals surface area contributed by atoms with Crippen LogP contribution in [0.5, 0.6) is 5.75 Å². The Labute approximate surface area is 265 Å². The Hall–Kier alpha value is -4.72. The van der Waals surface area contributed by atoms with E-state index in [4.69, 9.17) is 9.72 Å². The Balaban J connectivity index is 1.28. The number of anilines is 1. The molecule has 45 heavy (non-hydrogen) atoms. The topological polar surface area (TPSA) is 105 Å². The summed E-state index contributed by atoms with van der Waals surface area (Å²) in [5.74, 6) is 0.793. The van der Waals surface area contributed by atoms with E-state index in [0.29, 0.717) is 75.9 Å². The average Bonchev–Trinajstić information content (AvgIpc) is 3.06. The molecule has 0 bridgehead atoms. The van der Waals surface area contributed by atoms with Crippen LogP contribution in [-0.4, -0.2) is 46.6 Å². The van der Waals surface area contributed by atoms with Crippen LogP contribution in [-0.2, 0) is 30.6 Å². The smallest absolute Gasteiger partial charge is 0.339 e. The number of carbonyl (C=O) groups is 2. The minimum atomic E-state index is -1.04. The number of carboxylic acid groups (broad SMARTS) is 1. The Morgan fingerprint density at radius 2 is 1.53 bits per heavy atom. The summed E-state index contributed by atoms with van der Waals surface area (Å²) in [6.45, 7) is 6.55. The number of benzene rings is 3. The third-order valence-electron chi connectivity index (χ3n) is 8.41. The highest BCUT2D eigenvalue weighted by molar-refractivity contribution is 5.88. The van der Waals surface area contributed by atoms with Crippen molar-refractivity contribution in [3.63, 3.8) is 0 Å². The second-order valence-electron chi connectivity index (χ2n) is 12.3. The van der Waals surface area contributed by atoms with Gasteiger partial charge in [0.1, 0.15) is 5.75 Å². The van der Waals surface area contributed by atoms with Gasteiger partial charge in [-0.15, -0.1) is 0 Å². The zero-order chi connectivity index (χ0) is 31.6. The van der Waals surface area contributed by atoms with E-state index in [-0.39, 0.29) is 11.5 Å². The lowest BCUT2D eigenvalue weighted by Gasteiger charge is -2.41. The second-order valence-corrected chi connectivity index (χ2v) is 12.3. The summed E-state index contributed by atoms with van der Waals surface area (Å²) in [7, 11) is 0. The van der Waals surface area contributed by atoms with E-state index in [1.165, 1.54) is 6.20 Å². The highest BCUT2D eigenvalue weighted by atomic mass is 16.5. The van der Waals surface area contributed by atoms with Gasteiger partial charge in [-0.2, -0.15) is 0 Å². The molecule has 1 aliphatic rings. The molecule has 5 rings (SSSR count). The fraction of sp³-hybridized carbons (Fsp3) is 0.351. The van der Waals surface area contributed by atoms with Gasteiger partial charge in [0.05, 0.1) is 23.3 Å². The number of amides is 1. The number of piperidine rings is 1. The van der Waals surface area contributed by atoms with Crippen LogP contribution in [0.25, 0.3) is 0 Å². The minimum absolute atomic E-state index is 0.0540. The van der Waals surface area contributed by atoms with Crippen molar-refractivity contribution >= 4 is 17.8 Å². The molecule has 0 radical (unpaired) electrons. The van der Waals surface area contributed by atoms with Crippen LogP contribution in [0.4, 0.5) is 5.95 Å². The van der Waals surface area contributed by atoms with E-state index in [1.54, 1.807) is 0 Å². The Morgan fingerprint density at radius 1 is 0.889 bits per heavy atom. The Kier molecular flexibility index (Phi) is 10.5. The quantitative estimate of drug-likeness (QED) is 0.188. The van der Waals surface area contributed by atoms with Crippen LogP contribution < -0.4 is 15.0 Å². The number of carbonyl (C=O) groups excluding carboxylic acids is 1. The van der Waals surface area contributed by atoms with Gasteiger partial charge in [-0.05, 0) is 66.8 Å². The van der Waals surface area contributed by atoms with E-state index >= 15 is 0 Å². The van der Waals surface area contributed by atoms with E-state index in [0.717, 1.165) is 22.4 Å². The van der Waals surface area contributed by atoms with Crippen LogP contribution in [0.1, 0.15) is 59.4 Å². The van der Waals surface area contributed by atoms with Crippen molar-refractivity contribution in [2.24, 2.45) is 11.3 Å². The van der Waals surface area contributed by atoms with Crippen molar-refractivity contribution in [1.29, 1.82) is 0 Å². The predicted octanol–water partition coefficient (Wildman–Crippen LogP) is 6.14. The summed E-state index contributed by atoms with van der Waals surface area (Å²) >= 11 is 0. The van der Waals surface area contributed by atoms with Crippen LogP contribution in [0, 0.1) is 11.3 Å². The second kappa shape index (κ2) is 14.8. The SMILES string of the molecule is CC(C)COc1ccc(CCc2nc(N3CCC(Cc4ccccc4)(C(=O)NCc4ccccc4)CC3)ncc2C(=O)O)cc1. The summed E-state index contributed by atoms with van der Waals surface area (Å²) in [6.07, 6.45) is 4.44. The molecule has 8 nitrogen and oxygen atoms in total. The molecule has 1 fully saturated rings. The molecule has 3 aromatic carbocycles. The average molecular weight is 607 g/mol. The summed E-state index contributed by atoms with van der Waals surface area (Å²) in [5.41, 5.74) is 3.33. The predicted molar refractivity (Wildman–Crippen MR) is 175 cm³/mol. The van der Waals surface area contributed by atoms with E-state index < -0.39 is 11.4 Å². The summed E-state index contributed by atoms with van der Waals surface area (Å²) in [5, 5.41) is 13.1. The number of aryl methyl sites for hydroxylation is 2. The lowest BCUT2D eigenvalue weighted by atomic mass is 9.73. The lowest BCUT2D eigenvalue weighted by Crippen LogP contribution is -2.50. The van der Waals surface area contributed by atoms with Crippen LogP contribution in [0.3, 0.4) is 0 Å². The molecule has 2 heterocycles. The normalized spacial score (nSPS) is 14.2. The molecule has 2 N–H and O–H groups in total. The third-order valence-corrected chi connectivity index (χ3v) is 8.41. The molecule has 8 heteroatoms. The molecule has 1 amide bonds. The van der Waals surface area contributed by atoms with Gasteiger partial charge in [0.15, 0.2) is 0 Å². The molecule has 0 aliphatic carbocycles. The summed E-state index contributed by atoms with van der Waals surface area (Å²) < 4.78 is 5.79. The van der Waals surface area contributed by atoms with Crippen molar-refractivity contribution in [2.75, 3.05) is 24.6 Å². The number of rotatable bonds is 13.